The first-order valence-corrected chi connectivity index (χ1v) is 32.0. The van der Waals surface area contributed by atoms with Gasteiger partial charge in [-0.2, -0.15) is 0 Å². The molecule has 0 aromatic rings. The second kappa shape index (κ2) is 60.6. The van der Waals surface area contributed by atoms with E-state index in [1.54, 1.807) is 34.6 Å². The predicted octanol–water partition coefficient (Wildman–Crippen LogP) is 7.92. The van der Waals surface area contributed by atoms with E-state index < -0.39 is 29.8 Å². The van der Waals surface area contributed by atoms with Crippen LogP contribution in [-0.4, -0.2) is 221 Å². The molecule has 0 rings (SSSR count). The summed E-state index contributed by atoms with van der Waals surface area (Å²) in [4.78, 5) is 130. The largest absolute Gasteiger partial charge is 0.494 e. The molecule has 0 heterocycles. The summed E-state index contributed by atoms with van der Waals surface area (Å²) in [5.41, 5.74) is 2.39. The van der Waals surface area contributed by atoms with Crippen LogP contribution in [0.15, 0.2) is 85.3 Å². The van der Waals surface area contributed by atoms with Crippen molar-refractivity contribution in [2.75, 3.05) is 146 Å². The van der Waals surface area contributed by atoms with Crippen molar-refractivity contribution in [3.05, 3.63) is 85.3 Å². The fourth-order valence-electron chi connectivity index (χ4n) is 6.33. The number of likely N-dealkylation sites (N-methyl/N-ethyl adjacent to an activating group) is 2. The van der Waals surface area contributed by atoms with Gasteiger partial charge in [0.15, 0.2) is 0 Å². The van der Waals surface area contributed by atoms with E-state index in [2.05, 4.69) is 46.1 Å². The van der Waals surface area contributed by atoms with E-state index in [1.807, 2.05) is 37.7 Å². The van der Waals surface area contributed by atoms with E-state index >= 15 is 0 Å². The van der Waals surface area contributed by atoms with Gasteiger partial charge in [-0.1, -0.05) is 53.0 Å². The molecular weight excluding hydrogens is 1260 g/mol. The van der Waals surface area contributed by atoms with Crippen LogP contribution in [0.2, 0.25) is 0 Å². The lowest BCUT2D eigenvalue weighted by Crippen LogP contribution is -2.28. The zero-order valence-corrected chi connectivity index (χ0v) is 58.7. The summed E-state index contributed by atoms with van der Waals surface area (Å²) in [6.07, 6.45) is 5.40. The molecule has 1 atom stereocenters. The Morgan fingerprint density at radius 1 is 0.271 bits per heavy atom. The van der Waals surface area contributed by atoms with Crippen LogP contribution in [0.5, 0.6) is 0 Å². The maximum absolute atomic E-state index is 11.7. The molecule has 0 aliphatic carbocycles. The molecule has 27 heteroatoms. The van der Waals surface area contributed by atoms with E-state index in [9.17, 15) is 52.7 Å². The first-order chi connectivity index (χ1) is 45.4. The number of esters is 11. The molecule has 0 bridgehead atoms. The number of carbonyl (C=O) groups is 11. The number of nitrogens with zero attached hydrogens (tertiary/aromatic N) is 2. The number of hydrogen-bond acceptors (Lipinski definition) is 27. The minimum atomic E-state index is -0.475. The summed E-state index contributed by atoms with van der Waals surface area (Å²) in [7, 11) is 3.65. The number of ether oxygens (including phenoxy) is 14. The van der Waals surface area contributed by atoms with Crippen molar-refractivity contribution in [2.45, 2.75) is 138 Å². The van der Waals surface area contributed by atoms with Gasteiger partial charge < -0.3 is 66.3 Å². The van der Waals surface area contributed by atoms with E-state index in [0.717, 1.165) is 5.57 Å². The molecule has 27 nitrogen and oxygen atoms in total. The molecule has 0 fully saturated rings. The van der Waals surface area contributed by atoms with Crippen LogP contribution in [0.25, 0.3) is 0 Å². The predicted molar refractivity (Wildman–Crippen MR) is 355 cm³/mol. The summed E-state index contributed by atoms with van der Waals surface area (Å²) < 4.78 is 71.3. The van der Waals surface area contributed by atoms with Crippen molar-refractivity contribution in [2.24, 2.45) is 5.92 Å². The Morgan fingerprint density at radius 3 is 0.729 bits per heavy atom. The second-order valence-corrected chi connectivity index (χ2v) is 22.1. The Labute approximate surface area is 568 Å². The van der Waals surface area contributed by atoms with Crippen LogP contribution < -0.4 is 0 Å². The van der Waals surface area contributed by atoms with E-state index in [1.165, 1.54) is 0 Å². The van der Waals surface area contributed by atoms with Crippen LogP contribution in [0, 0.1) is 5.92 Å². The van der Waals surface area contributed by atoms with Crippen LogP contribution in [-0.2, 0) is 119 Å². The van der Waals surface area contributed by atoms with Crippen LogP contribution >= 0.6 is 0 Å². The Bertz CT molecular complexity index is 2180. The molecule has 0 aromatic heterocycles. The van der Waals surface area contributed by atoms with Crippen molar-refractivity contribution in [3.63, 3.8) is 0 Å². The topological polar surface area (TPSA) is 323 Å². The zero-order valence-electron chi connectivity index (χ0n) is 58.7. The maximum atomic E-state index is 11.7. The summed E-state index contributed by atoms with van der Waals surface area (Å²) >= 11 is 0. The number of allylic oxidation sites excluding steroid dienone is 1. The first kappa shape index (κ1) is 92.2. The third kappa shape index (κ3) is 62.1. The number of carbonyl (C=O) groups excluding carboxylic acids is 11. The van der Waals surface area contributed by atoms with Gasteiger partial charge in [-0.15, -0.1) is 0 Å². The molecular formula is C69H110N2O25. The van der Waals surface area contributed by atoms with Gasteiger partial charge >= 0.3 is 65.7 Å². The highest BCUT2D eigenvalue weighted by Gasteiger charge is 2.14. The molecule has 0 radical (unpaired) electrons. The SMILES string of the molecule is C=C(C)C(=C)OCCCC(=O)OCCC(C)CCOC(=O)CCCOC(=O)C(=C)C.C=C(C)C(=O)OCCCC(=O)OCCN(C)CCOC(=O)CCCOC(=O)C(=C)C.C=C(C)C(=O)OCCOCCCC(=O)OCCN(C)CCOC(=O)CCCOCCOC(=O)C(=C)C. The van der Waals surface area contributed by atoms with Crippen LogP contribution in [0.3, 0.4) is 0 Å². The molecule has 0 aliphatic heterocycles. The van der Waals surface area contributed by atoms with Crippen LogP contribution in [0.4, 0.5) is 0 Å². The fraction of sp³-hybridized carbons (Fsp3) is 0.638. The van der Waals surface area contributed by atoms with E-state index in [4.69, 9.17) is 66.3 Å². The smallest absolute Gasteiger partial charge is 0.333 e. The molecule has 0 saturated heterocycles. The molecule has 0 spiro atoms. The van der Waals surface area contributed by atoms with Gasteiger partial charge in [0.25, 0.3) is 0 Å². The molecule has 546 valence electrons. The molecule has 0 N–H and O–H groups in total. The third-order valence-corrected chi connectivity index (χ3v) is 12.2. The Balaban J connectivity index is -0.00000136. The number of rotatable bonds is 55. The standard InChI is InChI=1S/C25H41NO10.C23H36O7.C21H33NO8/c1-20(2)24(29)35-18-16-31-12-6-8-22(27)33-14-10-26(5)11-15-34-23(28)9-7-13-32-17-19-36-25(30)21(3)4;1-17(2)20(6)27-13-7-9-21(24)28-15-11-19(5)12-16-29-22(25)10-8-14-30-23(26)18(3)4;1-16(2)20(25)29-12-6-8-18(23)27-14-10-22(5)11-15-28-19(24)9-7-13-30-21(26)17(3)4/h1,3,6-19H2,2,4-5H3;19H,1,3,6-16H2,2,4-5H3;1,3,6-15H2,2,4-5H3. The van der Waals surface area contributed by atoms with Gasteiger partial charge in [-0.3, -0.25) is 38.6 Å². The molecule has 0 aromatic carbocycles. The average molecular weight is 1370 g/mol. The number of hydrogen-bond donors (Lipinski definition) is 0. The Hall–Kier alpha value is -8.01. The molecule has 0 aliphatic rings. The molecule has 1 unspecified atom stereocenters. The minimum absolute atomic E-state index is 0.141. The van der Waals surface area contributed by atoms with Gasteiger partial charge in [0.05, 0.1) is 52.9 Å². The summed E-state index contributed by atoms with van der Waals surface area (Å²) in [5, 5.41) is 0. The summed E-state index contributed by atoms with van der Waals surface area (Å²) in [5.74, 6) is -3.48. The molecule has 0 amide bonds. The van der Waals surface area contributed by atoms with Crippen molar-refractivity contribution < 1.29 is 119 Å². The van der Waals surface area contributed by atoms with E-state index in [-0.39, 0.29) is 153 Å². The maximum Gasteiger partial charge on any atom is 0.333 e. The molecule has 96 heavy (non-hydrogen) atoms. The lowest BCUT2D eigenvalue weighted by molar-refractivity contribution is -0.147. The summed E-state index contributed by atoms with van der Waals surface area (Å²) in [6.45, 7) is 42.4. The lowest BCUT2D eigenvalue weighted by Gasteiger charge is -2.16. The zero-order chi connectivity index (χ0) is 73.1. The van der Waals surface area contributed by atoms with Crippen molar-refractivity contribution in [1.82, 2.24) is 9.80 Å². The average Bonchev–Trinajstić information content (AvgIpc) is 3.55. The Kier molecular flexibility index (Phi) is 58.2. The highest BCUT2D eigenvalue weighted by Crippen LogP contribution is 2.11. The highest BCUT2D eigenvalue weighted by atomic mass is 16.6. The Morgan fingerprint density at radius 2 is 0.490 bits per heavy atom. The van der Waals surface area contributed by atoms with Crippen molar-refractivity contribution in [3.8, 4) is 0 Å². The quantitative estimate of drug-likeness (QED) is 0.0139. The van der Waals surface area contributed by atoms with Gasteiger partial charge in [-0.25, -0.2) is 24.0 Å². The normalized spacial score (nSPS) is 10.7. The fourth-order valence-corrected chi connectivity index (χ4v) is 6.33. The van der Waals surface area contributed by atoms with Gasteiger partial charge in [0, 0.05) is 106 Å². The first-order valence-electron chi connectivity index (χ1n) is 32.0. The van der Waals surface area contributed by atoms with Crippen LogP contribution in [0.1, 0.15) is 138 Å². The monoisotopic (exact) mass is 1370 g/mol. The minimum Gasteiger partial charge on any atom is -0.494 e. The lowest BCUT2D eigenvalue weighted by atomic mass is 10.1. The van der Waals surface area contributed by atoms with Gasteiger partial charge in [-0.05, 0) is 118 Å². The van der Waals surface area contributed by atoms with Gasteiger partial charge in [0.1, 0.15) is 45.4 Å². The molecule has 0 saturated carbocycles. The van der Waals surface area contributed by atoms with Crippen molar-refractivity contribution >= 4 is 65.7 Å². The van der Waals surface area contributed by atoms with Gasteiger partial charge in [0.2, 0.25) is 0 Å². The highest BCUT2D eigenvalue weighted by molar-refractivity contribution is 5.88. The van der Waals surface area contributed by atoms with Crippen molar-refractivity contribution in [1.29, 1.82) is 0 Å². The second-order valence-electron chi connectivity index (χ2n) is 22.1. The van der Waals surface area contributed by atoms with E-state index in [0.29, 0.717) is 144 Å². The third-order valence-electron chi connectivity index (χ3n) is 12.2. The summed E-state index contributed by atoms with van der Waals surface area (Å²) in [6, 6.07) is 0.